The molecule has 1 aliphatic rings. The maximum atomic E-state index is 13.2. The molecule has 11 heteroatoms. The molecule has 0 bridgehead atoms. The zero-order valence-corrected chi connectivity index (χ0v) is 22.6. The summed E-state index contributed by atoms with van der Waals surface area (Å²) in [5.74, 6) is -2.65. The summed E-state index contributed by atoms with van der Waals surface area (Å²) in [4.78, 5) is 55.9. The van der Waals surface area contributed by atoms with E-state index in [1.165, 1.54) is 11.3 Å². The number of anilines is 1. The summed E-state index contributed by atoms with van der Waals surface area (Å²) < 4.78 is 5.21. The minimum atomic E-state index is -1.28. The molecule has 0 spiro atoms. The standard InChI is InChI=1S/C28H30N4O6S/c1-28(2,3)38-27(37)31-25-29-16-19(39-25)14-15-20-22(24(34)35)32(23(20)33)26(36)30-21(17-10-6-4-7-11-17)18-12-8-5-9-13-18/h4-13,16,20-22H,14-15H2,1-3H3,(H,30,36)(H,34,35)(H,29,31,37)/t20-,22+/m1/s1. The van der Waals surface area contributed by atoms with Crippen LogP contribution < -0.4 is 10.6 Å². The van der Waals surface area contributed by atoms with Crippen molar-refractivity contribution in [3.63, 3.8) is 0 Å². The van der Waals surface area contributed by atoms with Crippen molar-refractivity contribution >= 4 is 40.5 Å². The Balaban J connectivity index is 1.40. The first-order valence-electron chi connectivity index (χ1n) is 12.4. The van der Waals surface area contributed by atoms with Crippen molar-refractivity contribution in [3.05, 3.63) is 82.9 Å². The minimum absolute atomic E-state index is 0.217. The molecule has 3 aromatic rings. The zero-order valence-electron chi connectivity index (χ0n) is 21.8. The predicted molar refractivity (Wildman–Crippen MR) is 145 cm³/mol. The lowest BCUT2D eigenvalue weighted by atomic mass is 9.83. The first kappa shape index (κ1) is 27.8. The minimum Gasteiger partial charge on any atom is -0.480 e. The second kappa shape index (κ2) is 11.6. The number of likely N-dealkylation sites (tertiary alicyclic amines) is 1. The van der Waals surface area contributed by atoms with Gasteiger partial charge in [0.05, 0.1) is 12.0 Å². The van der Waals surface area contributed by atoms with Gasteiger partial charge in [0, 0.05) is 11.1 Å². The van der Waals surface area contributed by atoms with Crippen LogP contribution in [0, 0.1) is 5.92 Å². The van der Waals surface area contributed by atoms with Crippen LogP contribution in [0.4, 0.5) is 14.7 Å². The number of carboxylic acid groups (broad SMARTS) is 1. The van der Waals surface area contributed by atoms with Gasteiger partial charge in [-0.25, -0.2) is 24.3 Å². The number of nitrogens with zero attached hydrogens (tertiary/aromatic N) is 2. The number of amides is 4. The van der Waals surface area contributed by atoms with E-state index in [0.29, 0.717) is 11.6 Å². The maximum Gasteiger partial charge on any atom is 0.413 e. The summed E-state index contributed by atoms with van der Waals surface area (Å²) in [6.07, 6.45) is 1.51. The highest BCUT2D eigenvalue weighted by molar-refractivity contribution is 7.15. The molecule has 1 aliphatic heterocycles. The number of thiazole rings is 1. The molecule has 0 aliphatic carbocycles. The zero-order chi connectivity index (χ0) is 28.2. The van der Waals surface area contributed by atoms with E-state index >= 15 is 0 Å². The Labute approximate surface area is 230 Å². The summed E-state index contributed by atoms with van der Waals surface area (Å²) in [6.45, 7) is 5.25. The normalized spacial score (nSPS) is 16.9. The molecule has 0 radical (unpaired) electrons. The van der Waals surface area contributed by atoms with E-state index in [0.717, 1.165) is 20.9 Å². The van der Waals surface area contributed by atoms with Gasteiger partial charge in [0.2, 0.25) is 5.91 Å². The van der Waals surface area contributed by atoms with Crippen molar-refractivity contribution in [1.82, 2.24) is 15.2 Å². The average molecular weight is 551 g/mol. The first-order chi connectivity index (χ1) is 18.5. The predicted octanol–water partition coefficient (Wildman–Crippen LogP) is 4.83. The molecule has 1 fully saturated rings. The summed E-state index contributed by atoms with van der Waals surface area (Å²) in [5.41, 5.74) is 0.949. The number of hydrogen-bond acceptors (Lipinski definition) is 7. The van der Waals surface area contributed by atoms with Gasteiger partial charge in [-0.2, -0.15) is 0 Å². The molecule has 2 atom stereocenters. The fourth-order valence-corrected chi connectivity index (χ4v) is 5.17. The van der Waals surface area contributed by atoms with Crippen LogP contribution in [0.15, 0.2) is 66.9 Å². The quantitative estimate of drug-likeness (QED) is 0.342. The SMILES string of the molecule is CC(C)(C)OC(=O)Nc1ncc(CC[C@H]2C(=O)N(C(=O)NC(c3ccccc3)c3ccccc3)[C@@H]2C(=O)O)s1. The van der Waals surface area contributed by atoms with Crippen LogP contribution in [-0.2, 0) is 20.7 Å². The van der Waals surface area contributed by atoms with Gasteiger partial charge >= 0.3 is 18.1 Å². The second-order valence-electron chi connectivity index (χ2n) is 10.1. The van der Waals surface area contributed by atoms with Crippen molar-refractivity contribution in [2.24, 2.45) is 5.92 Å². The Morgan fingerprint density at radius 2 is 1.64 bits per heavy atom. The number of rotatable bonds is 8. The number of aryl methyl sites for hydroxylation is 1. The summed E-state index contributed by atoms with van der Waals surface area (Å²) in [6, 6.07) is 15.9. The number of carbonyl (C=O) groups excluding carboxylic acids is 3. The number of nitrogens with one attached hydrogen (secondary N) is 2. The Hall–Kier alpha value is -4.25. The van der Waals surface area contributed by atoms with Gasteiger partial charge < -0.3 is 15.2 Å². The highest BCUT2D eigenvalue weighted by Crippen LogP contribution is 2.33. The van der Waals surface area contributed by atoms with Crippen LogP contribution in [0.3, 0.4) is 0 Å². The van der Waals surface area contributed by atoms with Gasteiger partial charge in [0.1, 0.15) is 5.60 Å². The van der Waals surface area contributed by atoms with Gasteiger partial charge in [-0.1, -0.05) is 60.7 Å². The number of β-lactam (4-membered cyclic amide) rings is 1. The van der Waals surface area contributed by atoms with Crippen molar-refractivity contribution in [3.8, 4) is 0 Å². The summed E-state index contributed by atoms with van der Waals surface area (Å²) in [5, 5.41) is 15.6. The Bertz CT molecular complexity index is 1300. The fraction of sp³-hybridized carbons (Fsp3) is 0.321. The van der Waals surface area contributed by atoms with E-state index in [1.807, 2.05) is 60.7 Å². The number of aliphatic carboxylic acids is 1. The highest BCUT2D eigenvalue weighted by atomic mass is 32.1. The number of imide groups is 1. The number of ether oxygens (including phenoxy) is 1. The van der Waals surface area contributed by atoms with Crippen LogP contribution in [0.2, 0.25) is 0 Å². The Morgan fingerprint density at radius 3 is 2.18 bits per heavy atom. The van der Waals surface area contributed by atoms with Crippen LogP contribution >= 0.6 is 11.3 Å². The monoisotopic (exact) mass is 550 g/mol. The van der Waals surface area contributed by atoms with Crippen LogP contribution in [-0.4, -0.2) is 50.6 Å². The molecule has 204 valence electrons. The third-order valence-electron chi connectivity index (χ3n) is 6.08. The first-order valence-corrected chi connectivity index (χ1v) is 13.3. The summed E-state index contributed by atoms with van der Waals surface area (Å²) in [7, 11) is 0. The highest BCUT2D eigenvalue weighted by Gasteiger charge is 2.54. The van der Waals surface area contributed by atoms with Gasteiger partial charge in [-0.05, 0) is 44.7 Å². The number of carboxylic acids is 1. The smallest absolute Gasteiger partial charge is 0.413 e. The van der Waals surface area contributed by atoms with Gasteiger partial charge in [0.25, 0.3) is 0 Å². The van der Waals surface area contributed by atoms with Crippen molar-refractivity contribution in [2.75, 3.05) is 5.32 Å². The third-order valence-corrected chi connectivity index (χ3v) is 7.06. The molecular weight excluding hydrogens is 520 g/mol. The molecular formula is C28H30N4O6S. The molecule has 4 rings (SSSR count). The topological polar surface area (TPSA) is 138 Å². The molecule has 39 heavy (non-hydrogen) atoms. The van der Waals surface area contributed by atoms with E-state index in [4.69, 9.17) is 4.74 Å². The molecule has 1 saturated heterocycles. The van der Waals surface area contributed by atoms with Crippen molar-refractivity contribution in [1.29, 1.82) is 0 Å². The molecule has 10 nitrogen and oxygen atoms in total. The van der Waals surface area contributed by atoms with E-state index in [9.17, 15) is 24.3 Å². The van der Waals surface area contributed by atoms with Crippen LogP contribution in [0.25, 0.3) is 0 Å². The largest absolute Gasteiger partial charge is 0.480 e. The number of carbonyl (C=O) groups is 4. The van der Waals surface area contributed by atoms with Crippen molar-refractivity contribution in [2.45, 2.75) is 51.3 Å². The fourth-order valence-electron chi connectivity index (χ4n) is 4.35. The lowest BCUT2D eigenvalue weighted by molar-refractivity contribution is -0.166. The molecule has 3 N–H and O–H groups in total. The van der Waals surface area contributed by atoms with E-state index in [2.05, 4.69) is 15.6 Å². The lowest BCUT2D eigenvalue weighted by Gasteiger charge is -2.43. The van der Waals surface area contributed by atoms with E-state index in [-0.39, 0.29) is 6.42 Å². The second-order valence-corrected chi connectivity index (χ2v) is 11.2. The van der Waals surface area contributed by atoms with E-state index < -0.39 is 47.6 Å². The molecule has 2 aromatic carbocycles. The maximum absolute atomic E-state index is 13.2. The molecule has 2 heterocycles. The third kappa shape index (κ3) is 6.80. The number of aromatic nitrogens is 1. The van der Waals surface area contributed by atoms with E-state index in [1.54, 1.807) is 27.0 Å². The van der Waals surface area contributed by atoms with Gasteiger partial charge in [0.15, 0.2) is 11.2 Å². The van der Waals surface area contributed by atoms with Crippen LogP contribution in [0.5, 0.6) is 0 Å². The molecule has 4 amide bonds. The van der Waals surface area contributed by atoms with Crippen LogP contribution in [0.1, 0.15) is 49.2 Å². The van der Waals surface area contributed by atoms with Gasteiger partial charge in [-0.15, -0.1) is 11.3 Å². The Kier molecular flexibility index (Phi) is 8.29. The Morgan fingerprint density at radius 1 is 1.05 bits per heavy atom. The summed E-state index contributed by atoms with van der Waals surface area (Å²) >= 11 is 1.21. The molecule has 0 saturated carbocycles. The van der Waals surface area contributed by atoms with Crippen molar-refractivity contribution < 1.29 is 29.0 Å². The lowest BCUT2D eigenvalue weighted by Crippen LogP contribution is -2.68. The number of benzene rings is 2. The average Bonchev–Trinajstić information content (AvgIpc) is 3.32. The number of hydrogen-bond donors (Lipinski definition) is 3. The number of urea groups is 1. The molecule has 1 aromatic heterocycles. The molecule has 0 unspecified atom stereocenters. The van der Waals surface area contributed by atoms with Gasteiger partial charge in [-0.3, -0.25) is 10.1 Å².